The fraction of sp³-hybridized carbons (Fsp3) is 0.579. The van der Waals surface area contributed by atoms with Crippen LogP contribution in [0.15, 0.2) is 29.3 Å². The van der Waals surface area contributed by atoms with Crippen LogP contribution in [0.3, 0.4) is 0 Å². The third-order valence-corrected chi connectivity index (χ3v) is 4.18. The minimum atomic E-state index is 0.0367. The average molecular weight is 361 g/mol. The lowest BCUT2D eigenvalue weighted by Crippen LogP contribution is -2.39. The van der Waals surface area contributed by atoms with Crippen LogP contribution in [0.4, 0.5) is 5.69 Å². The number of guanidine groups is 1. The molecule has 0 unspecified atom stereocenters. The van der Waals surface area contributed by atoms with Crippen LogP contribution < -0.4 is 16.4 Å². The van der Waals surface area contributed by atoms with Crippen molar-refractivity contribution in [3.05, 3.63) is 29.8 Å². The van der Waals surface area contributed by atoms with E-state index in [1.807, 2.05) is 31.2 Å². The summed E-state index contributed by atoms with van der Waals surface area (Å²) in [4.78, 5) is 18.4. The summed E-state index contributed by atoms with van der Waals surface area (Å²) >= 11 is 0. The van der Waals surface area contributed by atoms with E-state index < -0.39 is 0 Å². The highest BCUT2D eigenvalue weighted by molar-refractivity contribution is 5.90. The second-order valence-electron chi connectivity index (χ2n) is 6.43. The van der Waals surface area contributed by atoms with Crippen LogP contribution >= 0.6 is 0 Å². The van der Waals surface area contributed by atoms with Crippen molar-refractivity contribution < 1.29 is 9.53 Å². The zero-order valence-electron chi connectivity index (χ0n) is 15.7. The number of nitrogens with two attached hydrogens (primary N) is 1. The van der Waals surface area contributed by atoms with Crippen LogP contribution in [0.5, 0.6) is 0 Å². The highest BCUT2D eigenvalue weighted by Crippen LogP contribution is 2.12. The molecule has 0 aliphatic carbocycles. The summed E-state index contributed by atoms with van der Waals surface area (Å²) < 4.78 is 5.34. The molecule has 2 rings (SSSR count). The number of carbonyl (C=O) groups is 1. The molecule has 1 aliphatic rings. The molecule has 0 radical (unpaired) electrons. The van der Waals surface area contributed by atoms with E-state index in [-0.39, 0.29) is 5.91 Å². The highest BCUT2D eigenvalue weighted by Gasteiger charge is 2.09. The minimum Gasteiger partial charge on any atom is -0.379 e. The van der Waals surface area contributed by atoms with Gasteiger partial charge in [-0.15, -0.1) is 0 Å². The molecule has 1 aromatic carbocycles. The lowest BCUT2D eigenvalue weighted by Gasteiger charge is -2.26. The predicted molar refractivity (Wildman–Crippen MR) is 105 cm³/mol. The molecule has 144 valence electrons. The summed E-state index contributed by atoms with van der Waals surface area (Å²) in [6, 6.07) is 7.71. The number of nitrogens with zero attached hydrogens (tertiary/aromatic N) is 2. The third-order valence-electron chi connectivity index (χ3n) is 4.18. The van der Waals surface area contributed by atoms with Crippen molar-refractivity contribution in [1.82, 2.24) is 10.2 Å². The van der Waals surface area contributed by atoms with Gasteiger partial charge < -0.3 is 21.1 Å². The van der Waals surface area contributed by atoms with Crippen molar-refractivity contribution in [2.24, 2.45) is 10.7 Å². The molecule has 0 bridgehead atoms. The van der Waals surface area contributed by atoms with Gasteiger partial charge in [0.25, 0.3) is 0 Å². The second kappa shape index (κ2) is 11.5. The molecule has 26 heavy (non-hydrogen) atoms. The lowest BCUT2D eigenvalue weighted by molar-refractivity contribution is -0.116. The summed E-state index contributed by atoms with van der Waals surface area (Å²) in [5, 5.41) is 6.05. The Labute approximate surface area is 156 Å². The SMILES string of the molecule is CCCC(=O)Nc1cccc(CN=C(N)NCCCN2CCOCC2)c1. The Balaban J connectivity index is 1.69. The maximum absolute atomic E-state index is 11.7. The number of hydrogen-bond acceptors (Lipinski definition) is 4. The van der Waals surface area contributed by atoms with E-state index in [0.717, 1.165) is 63.5 Å². The number of anilines is 1. The van der Waals surface area contributed by atoms with Crippen molar-refractivity contribution in [2.45, 2.75) is 32.7 Å². The van der Waals surface area contributed by atoms with E-state index in [1.165, 1.54) is 0 Å². The van der Waals surface area contributed by atoms with Gasteiger partial charge in [-0.25, -0.2) is 4.99 Å². The standard InChI is InChI=1S/C19H31N5O2/c1-2-5-18(25)23-17-7-3-6-16(14-17)15-22-19(20)21-8-4-9-24-10-12-26-13-11-24/h3,6-7,14H,2,4-5,8-13,15H2,1H3,(H,23,25)(H3,20,21,22). The molecule has 1 fully saturated rings. The molecule has 0 aromatic heterocycles. The van der Waals surface area contributed by atoms with Crippen LogP contribution in [0.2, 0.25) is 0 Å². The number of morpholine rings is 1. The van der Waals surface area contributed by atoms with Gasteiger partial charge >= 0.3 is 0 Å². The van der Waals surface area contributed by atoms with E-state index in [4.69, 9.17) is 10.5 Å². The maximum Gasteiger partial charge on any atom is 0.224 e. The van der Waals surface area contributed by atoms with Crippen molar-refractivity contribution in [1.29, 1.82) is 0 Å². The fourth-order valence-corrected chi connectivity index (χ4v) is 2.77. The summed E-state index contributed by atoms with van der Waals surface area (Å²) in [5.41, 5.74) is 7.75. The van der Waals surface area contributed by atoms with Gasteiger partial charge in [0.05, 0.1) is 19.8 Å². The molecule has 1 saturated heterocycles. The maximum atomic E-state index is 11.7. The van der Waals surface area contributed by atoms with E-state index in [2.05, 4.69) is 20.5 Å². The smallest absolute Gasteiger partial charge is 0.224 e. The van der Waals surface area contributed by atoms with Gasteiger partial charge in [-0.05, 0) is 37.1 Å². The quantitative estimate of drug-likeness (QED) is 0.353. The Morgan fingerprint density at radius 3 is 2.92 bits per heavy atom. The summed E-state index contributed by atoms with van der Waals surface area (Å²) in [6.07, 6.45) is 2.39. The molecule has 0 atom stereocenters. The lowest BCUT2D eigenvalue weighted by atomic mass is 10.2. The summed E-state index contributed by atoms with van der Waals surface area (Å²) in [6.45, 7) is 8.00. The zero-order valence-corrected chi connectivity index (χ0v) is 15.7. The Kier molecular flexibility index (Phi) is 8.92. The van der Waals surface area contributed by atoms with Gasteiger partial charge in [-0.2, -0.15) is 0 Å². The third kappa shape index (κ3) is 7.84. The molecule has 1 aliphatic heterocycles. The molecular formula is C19H31N5O2. The van der Waals surface area contributed by atoms with E-state index in [0.29, 0.717) is 18.9 Å². The van der Waals surface area contributed by atoms with Crippen molar-refractivity contribution in [2.75, 3.05) is 44.7 Å². The molecule has 1 amide bonds. The van der Waals surface area contributed by atoms with Crippen LogP contribution in [0, 0.1) is 0 Å². The molecule has 7 nitrogen and oxygen atoms in total. The Morgan fingerprint density at radius 1 is 1.35 bits per heavy atom. The molecule has 4 N–H and O–H groups in total. The van der Waals surface area contributed by atoms with Crippen LogP contribution in [0.25, 0.3) is 0 Å². The van der Waals surface area contributed by atoms with Crippen LogP contribution in [-0.2, 0) is 16.1 Å². The number of nitrogens with one attached hydrogen (secondary N) is 2. The molecular weight excluding hydrogens is 330 g/mol. The van der Waals surface area contributed by atoms with Crippen molar-refractivity contribution in [3.8, 4) is 0 Å². The number of carbonyl (C=O) groups excluding carboxylic acids is 1. The van der Waals surface area contributed by atoms with E-state index in [9.17, 15) is 4.79 Å². The Morgan fingerprint density at radius 2 is 2.15 bits per heavy atom. The van der Waals surface area contributed by atoms with Crippen molar-refractivity contribution in [3.63, 3.8) is 0 Å². The van der Waals surface area contributed by atoms with E-state index >= 15 is 0 Å². The Hall–Kier alpha value is -2.12. The van der Waals surface area contributed by atoms with Gasteiger partial charge in [0, 0.05) is 31.7 Å². The number of benzene rings is 1. The fourth-order valence-electron chi connectivity index (χ4n) is 2.77. The Bertz CT molecular complexity index is 585. The summed E-state index contributed by atoms with van der Waals surface area (Å²) in [5.74, 6) is 0.488. The van der Waals surface area contributed by atoms with Crippen LogP contribution in [0.1, 0.15) is 31.7 Å². The van der Waals surface area contributed by atoms with E-state index in [1.54, 1.807) is 0 Å². The van der Waals surface area contributed by atoms with Crippen molar-refractivity contribution >= 4 is 17.6 Å². The predicted octanol–water partition coefficient (Wildman–Crippen LogP) is 1.55. The zero-order chi connectivity index (χ0) is 18.6. The first-order chi connectivity index (χ1) is 12.7. The largest absolute Gasteiger partial charge is 0.379 e. The first kappa shape index (κ1) is 20.2. The van der Waals surface area contributed by atoms with Gasteiger partial charge in [-0.3, -0.25) is 9.69 Å². The van der Waals surface area contributed by atoms with Gasteiger partial charge in [-0.1, -0.05) is 19.1 Å². The number of rotatable bonds is 9. The topological polar surface area (TPSA) is 92.0 Å². The molecule has 7 heteroatoms. The summed E-state index contributed by atoms with van der Waals surface area (Å²) in [7, 11) is 0. The average Bonchev–Trinajstić information content (AvgIpc) is 2.65. The molecule has 1 heterocycles. The number of hydrogen-bond donors (Lipinski definition) is 3. The van der Waals surface area contributed by atoms with Gasteiger partial charge in [0.1, 0.15) is 0 Å². The monoisotopic (exact) mass is 361 g/mol. The molecule has 1 aromatic rings. The van der Waals surface area contributed by atoms with Gasteiger partial charge in [0.2, 0.25) is 5.91 Å². The number of ether oxygens (including phenoxy) is 1. The molecule has 0 spiro atoms. The number of amides is 1. The highest BCUT2D eigenvalue weighted by atomic mass is 16.5. The molecule has 0 saturated carbocycles. The van der Waals surface area contributed by atoms with Gasteiger partial charge in [0.15, 0.2) is 5.96 Å². The van der Waals surface area contributed by atoms with Crippen LogP contribution in [-0.4, -0.2) is 56.2 Å². The normalized spacial score (nSPS) is 15.7. The minimum absolute atomic E-state index is 0.0367. The number of aliphatic imine (C=N–C) groups is 1. The second-order valence-corrected chi connectivity index (χ2v) is 6.43. The first-order valence-corrected chi connectivity index (χ1v) is 9.40. The first-order valence-electron chi connectivity index (χ1n) is 9.40.